The van der Waals surface area contributed by atoms with E-state index in [1.54, 1.807) is 29.2 Å². The second-order valence-electron chi connectivity index (χ2n) is 10.3. The number of amides is 1. The maximum atomic E-state index is 13.0. The van der Waals surface area contributed by atoms with E-state index in [4.69, 9.17) is 11.6 Å². The van der Waals surface area contributed by atoms with Crippen LogP contribution in [-0.2, 0) is 4.79 Å². The van der Waals surface area contributed by atoms with E-state index in [9.17, 15) is 9.90 Å². The van der Waals surface area contributed by atoms with Crippen LogP contribution in [0, 0.1) is 5.92 Å². The molecule has 1 fully saturated rings. The molecular weight excluding hydrogens is 490 g/mol. The summed E-state index contributed by atoms with van der Waals surface area (Å²) in [4.78, 5) is 19.6. The van der Waals surface area contributed by atoms with E-state index in [1.807, 2.05) is 49.6 Å². The first kappa shape index (κ1) is 25.2. The number of carbonyl (C=O) groups excluding carboxylic acids is 1. The van der Waals surface area contributed by atoms with Gasteiger partial charge in [-0.15, -0.1) is 0 Å². The quantitative estimate of drug-likeness (QED) is 0.359. The Morgan fingerprint density at radius 1 is 1.19 bits per heavy atom. The van der Waals surface area contributed by atoms with Gasteiger partial charge in [-0.1, -0.05) is 30.7 Å². The van der Waals surface area contributed by atoms with Crippen molar-refractivity contribution < 1.29 is 9.90 Å². The van der Waals surface area contributed by atoms with Gasteiger partial charge in [0.2, 0.25) is 5.91 Å². The molecule has 0 aliphatic carbocycles. The topological polar surface area (TPSA) is 101 Å². The van der Waals surface area contributed by atoms with Gasteiger partial charge in [-0.05, 0) is 51.0 Å². The van der Waals surface area contributed by atoms with Crippen LogP contribution in [0.25, 0.3) is 16.6 Å². The number of nitrogens with one attached hydrogen (secondary N) is 1. The summed E-state index contributed by atoms with van der Waals surface area (Å²) in [5.41, 5.74) is 2.92. The molecule has 1 aromatic carbocycles. The van der Waals surface area contributed by atoms with Crippen LogP contribution in [0.4, 0.5) is 5.82 Å². The minimum Gasteiger partial charge on any atom is -0.388 e. The number of anilines is 1. The van der Waals surface area contributed by atoms with Crippen LogP contribution < -0.4 is 10.2 Å². The molecule has 1 amide bonds. The van der Waals surface area contributed by atoms with Crippen molar-refractivity contribution in [2.45, 2.75) is 51.8 Å². The van der Waals surface area contributed by atoms with Crippen molar-refractivity contribution in [1.82, 2.24) is 29.7 Å². The fourth-order valence-electron chi connectivity index (χ4n) is 4.56. The number of rotatable bonds is 8. The molecule has 3 aromatic heterocycles. The lowest BCUT2D eigenvalue weighted by Crippen LogP contribution is -2.54. The van der Waals surface area contributed by atoms with Crippen molar-refractivity contribution in [3.63, 3.8) is 0 Å². The van der Waals surface area contributed by atoms with Crippen LogP contribution in [-0.4, -0.2) is 54.1 Å². The summed E-state index contributed by atoms with van der Waals surface area (Å²) in [5, 5.41) is 23.0. The first-order chi connectivity index (χ1) is 17.6. The highest BCUT2D eigenvalue weighted by molar-refractivity contribution is 6.30. The van der Waals surface area contributed by atoms with Crippen LogP contribution in [0.15, 0.2) is 55.2 Å². The van der Waals surface area contributed by atoms with Gasteiger partial charge in [-0.25, -0.2) is 9.50 Å². The molecule has 4 aromatic rings. The van der Waals surface area contributed by atoms with Crippen LogP contribution in [0.3, 0.4) is 0 Å². The average molecular weight is 522 g/mol. The zero-order valence-corrected chi connectivity index (χ0v) is 22.2. The van der Waals surface area contributed by atoms with Gasteiger partial charge in [0.25, 0.3) is 0 Å². The number of aromatic nitrogens is 5. The maximum Gasteiger partial charge on any atom is 0.227 e. The van der Waals surface area contributed by atoms with E-state index >= 15 is 0 Å². The Morgan fingerprint density at radius 3 is 2.59 bits per heavy atom. The van der Waals surface area contributed by atoms with Gasteiger partial charge in [0, 0.05) is 41.6 Å². The first-order valence-corrected chi connectivity index (χ1v) is 12.9. The van der Waals surface area contributed by atoms with Gasteiger partial charge in [-0.2, -0.15) is 10.2 Å². The molecule has 0 spiro atoms. The summed E-state index contributed by atoms with van der Waals surface area (Å²) in [6.07, 6.45) is 8.00. The van der Waals surface area contributed by atoms with E-state index < -0.39 is 5.60 Å². The second kappa shape index (κ2) is 9.79. The number of fused-ring (bicyclic) bond motifs is 1. The smallest absolute Gasteiger partial charge is 0.227 e. The van der Waals surface area contributed by atoms with Crippen molar-refractivity contribution in [2.75, 3.05) is 18.0 Å². The number of benzene rings is 1. The molecule has 0 saturated carbocycles. The highest BCUT2D eigenvalue weighted by atomic mass is 35.5. The lowest BCUT2D eigenvalue weighted by molar-refractivity contribution is -0.126. The molecule has 2 atom stereocenters. The normalized spacial score (nSPS) is 16.0. The van der Waals surface area contributed by atoms with Gasteiger partial charge in [0.15, 0.2) is 5.82 Å². The van der Waals surface area contributed by atoms with E-state index in [1.165, 1.54) is 6.33 Å². The Hall–Kier alpha value is -3.43. The monoisotopic (exact) mass is 521 g/mol. The summed E-state index contributed by atoms with van der Waals surface area (Å²) in [6, 6.07) is 9.43. The average Bonchev–Trinajstić information content (AvgIpc) is 3.49. The molecule has 9 nitrogen and oxygen atoms in total. The molecule has 5 rings (SSSR count). The summed E-state index contributed by atoms with van der Waals surface area (Å²) < 4.78 is 3.58. The number of halogens is 1. The predicted octanol–water partition coefficient (Wildman–Crippen LogP) is 4.28. The van der Waals surface area contributed by atoms with Crippen LogP contribution >= 0.6 is 11.6 Å². The molecule has 0 bridgehead atoms. The van der Waals surface area contributed by atoms with Crippen molar-refractivity contribution in [3.05, 3.63) is 65.8 Å². The van der Waals surface area contributed by atoms with Gasteiger partial charge < -0.3 is 15.3 Å². The Morgan fingerprint density at radius 2 is 1.92 bits per heavy atom. The number of nitrogens with zero attached hydrogens (tertiary/aromatic N) is 6. The van der Waals surface area contributed by atoms with Crippen molar-refractivity contribution >= 4 is 28.8 Å². The standard InChI is InChI=1S/C27H32ClN7O2/c1-5-23(18-6-8-22(28)9-7-18)32-26(36)21-12-33(13-21)25-24-10-19(14-35(24)31-16-29-25)20-11-30-34(15-20)17(2)27(3,4)37/h6-11,14-17,21,23,37H,5,12-13H2,1-4H3,(H,32,36)/t17-,23-/m0/s1. The van der Waals surface area contributed by atoms with Gasteiger partial charge in [0.05, 0.1) is 29.8 Å². The zero-order valence-electron chi connectivity index (χ0n) is 21.5. The third kappa shape index (κ3) is 5.06. The lowest BCUT2D eigenvalue weighted by Gasteiger charge is -2.39. The molecule has 10 heteroatoms. The van der Waals surface area contributed by atoms with E-state index in [2.05, 4.69) is 32.3 Å². The van der Waals surface area contributed by atoms with Crippen molar-refractivity contribution in [2.24, 2.45) is 5.92 Å². The third-order valence-corrected chi connectivity index (χ3v) is 7.54. The summed E-state index contributed by atoms with van der Waals surface area (Å²) in [7, 11) is 0. The number of hydrogen-bond donors (Lipinski definition) is 2. The SMILES string of the molecule is CC[C@H](NC(=O)C1CN(c2ncnn3cc(-c4cnn([C@@H](C)C(C)(C)O)c4)cc23)C1)c1ccc(Cl)cc1. The van der Waals surface area contributed by atoms with Gasteiger partial charge >= 0.3 is 0 Å². The van der Waals surface area contributed by atoms with E-state index in [-0.39, 0.29) is 23.9 Å². The molecule has 4 heterocycles. The Bertz CT molecular complexity index is 1400. The maximum absolute atomic E-state index is 13.0. The number of hydrogen-bond acceptors (Lipinski definition) is 6. The fraction of sp³-hybridized carbons (Fsp3) is 0.407. The first-order valence-electron chi connectivity index (χ1n) is 12.5. The van der Waals surface area contributed by atoms with E-state index in [0.717, 1.165) is 34.4 Å². The Kier molecular flexibility index (Phi) is 6.68. The molecule has 37 heavy (non-hydrogen) atoms. The predicted molar refractivity (Wildman–Crippen MR) is 144 cm³/mol. The molecule has 1 aliphatic rings. The van der Waals surface area contributed by atoms with Crippen molar-refractivity contribution in [3.8, 4) is 11.1 Å². The minimum absolute atomic E-state index is 0.0437. The highest BCUT2D eigenvalue weighted by Crippen LogP contribution is 2.32. The molecule has 1 aliphatic heterocycles. The Balaban J connectivity index is 1.28. The zero-order chi connectivity index (χ0) is 26.3. The Labute approximate surface area is 221 Å². The fourth-order valence-corrected chi connectivity index (χ4v) is 4.69. The molecule has 194 valence electrons. The molecular formula is C27H32ClN7O2. The lowest BCUT2D eigenvalue weighted by atomic mass is 9.97. The molecule has 0 unspecified atom stereocenters. The van der Waals surface area contributed by atoms with Gasteiger partial charge in [-0.3, -0.25) is 9.48 Å². The number of carbonyl (C=O) groups is 1. The van der Waals surface area contributed by atoms with Crippen LogP contribution in [0.2, 0.25) is 5.02 Å². The van der Waals surface area contributed by atoms with Crippen LogP contribution in [0.5, 0.6) is 0 Å². The van der Waals surface area contributed by atoms with Gasteiger partial charge in [0.1, 0.15) is 11.8 Å². The van der Waals surface area contributed by atoms with Crippen molar-refractivity contribution in [1.29, 1.82) is 0 Å². The summed E-state index contributed by atoms with van der Waals surface area (Å²) in [6.45, 7) is 8.73. The highest BCUT2D eigenvalue weighted by Gasteiger charge is 2.35. The minimum atomic E-state index is -0.889. The summed E-state index contributed by atoms with van der Waals surface area (Å²) >= 11 is 6.01. The molecule has 2 N–H and O–H groups in total. The third-order valence-electron chi connectivity index (χ3n) is 7.29. The molecule has 0 radical (unpaired) electrons. The van der Waals surface area contributed by atoms with Crippen LogP contribution in [0.1, 0.15) is 51.8 Å². The summed E-state index contributed by atoms with van der Waals surface area (Å²) in [5.74, 6) is 0.743. The largest absolute Gasteiger partial charge is 0.388 e. The second-order valence-corrected chi connectivity index (χ2v) is 10.7. The number of aliphatic hydroxyl groups is 1. The van der Waals surface area contributed by atoms with E-state index in [0.29, 0.717) is 18.1 Å². The molecule has 1 saturated heterocycles.